The number of carbonyl (C=O) groups excluding carboxylic acids is 1. The lowest BCUT2D eigenvalue weighted by Gasteiger charge is -2.05. The summed E-state index contributed by atoms with van der Waals surface area (Å²) in [5, 5.41) is 11.6. The fourth-order valence-electron chi connectivity index (χ4n) is 1.85. The fourth-order valence-corrected chi connectivity index (χ4v) is 1.85. The van der Waals surface area contributed by atoms with E-state index in [2.05, 4.69) is 5.32 Å². The van der Waals surface area contributed by atoms with E-state index in [1.807, 2.05) is 13.0 Å². The number of amides is 1. The van der Waals surface area contributed by atoms with Crippen molar-refractivity contribution in [3.8, 4) is 6.07 Å². The van der Waals surface area contributed by atoms with Gasteiger partial charge in [-0.1, -0.05) is 12.1 Å². The van der Waals surface area contributed by atoms with Crippen molar-refractivity contribution in [2.24, 2.45) is 0 Å². The standard InChI is InChI=1S/C17H12F2N2O/c1-11-3-2-4-15(7-11)21-17(22)13(10-20)8-12-9-14(18)5-6-16(12)19/h2-9H,1H3,(H,21,22)/b13-8+. The predicted molar refractivity (Wildman–Crippen MR) is 79.8 cm³/mol. The molecule has 0 heterocycles. The Balaban J connectivity index is 2.28. The Bertz CT molecular complexity index is 791. The van der Waals surface area contributed by atoms with Gasteiger partial charge in [0.25, 0.3) is 5.91 Å². The van der Waals surface area contributed by atoms with Crippen LogP contribution in [0.25, 0.3) is 6.08 Å². The summed E-state index contributed by atoms with van der Waals surface area (Å²) in [4.78, 5) is 12.0. The van der Waals surface area contributed by atoms with Crippen LogP contribution in [0.2, 0.25) is 0 Å². The van der Waals surface area contributed by atoms with Crippen LogP contribution in [0.1, 0.15) is 11.1 Å². The van der Waals surface area contributed by atoms with Gasteiger partial charge >= 0.3 is 0 Å². The van der Waals surface area contributed by atoms with Crippen molar-refractivity contribution < 1.29 is 13.6 Å². The van der Waals surface area contributed by atoms with E-state index < -0.39 is 17.5 Å². The Labute approximate surface area is 126 Å². The van der Waals surface area contributed by atoms with Crippen LogP contribution in [0, 0.1) is 29.9 Å². The highest BCUT2D eigenvalue weighted by Crippen LogP contribution is 2.16. The smallest absolute Gasteiger partial charge is 0.266 e. The predicted octanol–water partition coefficient (Wildman–Crippen LogP) is 3.82. The van der Waals surface area contributed by atoms with Crippen molar-refractivity contribution in [3.63, 3.8) is 0 Å². The molecule has 0 aliphatic rings. The van der Waals surface area contributed by atoms with E-state index in [0.29, 0.717) is 5.69 Å². The number of hydrogen-bond donors (Lipinski definition) is 1. The topological polar surface area (TPSA) is 52.9 Å². The molecule has 0 atom stereocenters. The van der Waals surface area contributed by atoms with Gasteiger partial charge in [0.05, 0.1) is 0 Å². The number of anilines is 1. The quantitative estimate of drug-likeness (QED) is 0.692. The third-order valence-electron chi connectivity index (χ3n) is 2.90. The maximum atomic E-state index is 13.6. The third kappa shape index (κ3) is 3.76. The molecule has 0 aromatic heterocycles. The first-order valence-electron chi connectivity index (χ1n) is 6.44. The number of hydrogen-bond acceptors (Lipinski definition) is 2. The Morgan fingerprint density at radius 2 is 2.00 bits per heavy atom. The lowest BCUT2D eigenvalue weighted by atomic mass is 10.1. The summed E-state index contributed by atoms with van der Waals surface area (Å²) in [7, 11) is 0. The molecule has 0 unspecified atom stereocenters. The van der Waals surface area contributed by atoms with Gasteiger partial charge in [-0.3, -0.25) is 4.79 Å². The second-order valence-corrected chi connectivity index (χ2v) is 4.66. The van der Waals surface area contributed by atoms with Gasteiger partial charge in [0.2, 0.25) is 0 Å². The molecule has 3 nitrogen and oxygen atoms in total. The summed E-state index contributed by atoms with van der Waals surface area (Å²) < 4.78 is 26.7. The second-order valence-electron chi connectivity index (χ2n) is 4.66. The van der Waals surface area contributed by atoms with E-state index >= 15 is 0 Å². The highest BCUT2D eigenvalue weighted by Gasteiger charge is 2.11. The number of aryl methyl sites for hydroxylation is 1. The molecule has 0 aliphatic heterocycles. The van der Waals surface area contributed by atoms with Gasteiger partial charge < -0.3 is 5.32 Å². The summed E-state index contributed by atoms with van der Waals surface area (Å²) in [6, 6.07) is 11.5. The first-order valence-corrected chi connectivity index (χ1v) is 6.44. The van der Waals surface area contributed by atoms with Gasteiger partial charge in [0, 0.05) is 11.3 Å². The third-order valence-corrected chi connectivity index (χ3v) is 2.90. The largest absolute Gasteiger partial charge is 0.321 e. The summed E-state index contributed by atoms with van der Waals surface area (Å²) in [6.45, 7) is 1.86. The number of halogens is 2. The molecule has 0 saturated carbocycles. The molecule has 2 rings (SSSR count). The van der Waals surface area contributed by atoms with Crippen molar-refractivity contribution in [3.05, 3.63) is 70.8 Å². The van der Waals surface area contributed by atoms with Crippen molar-refractivity contribution in [1.29, 1.82) is 5.26 Å². The van der Waals surface area contributed by atoms with Crippen molar-refractivity contribution in [2.45, 2.75) is 6.92 Å². The lowest BCUT2D eigenvalue weighted by molar-refractivity contribution is -0.112. The SMILES string of the molecule is Cc1cccc(NC(=O)/C(C#N)=C/c2cc(F)ccc2F)c1. The molecular weight excluding hydrogens is 286 g/mol. The summed E-state index contributed by atoms with van der Waals surface area (Å²) in [5.74, 6) is -2.04. The normalized spacial score (nSPS) is 10.9. The van der Waals surface area contributed by atoms with E-state index in [0.717, 1.165) is 29.8 Å². The monoisotopic (exact) mass is 298 g/mol. The van der Waals surface area contributed by atoms with Crippen LogP contribution in [0.4, 0.5) is 14.5 Å². The van der Waals surface area contributed by atoms with Crippen LogP contribution in [0.3, 0.4) is 0 Å². The van der Waals surface area contributed by atoms with Crippen LogP contribution in [0.5, 0.6) is 0 Å². The van der Waals surface area contributed by atoms with Gasteiger partial charge in [-0.2, -0.15) is 5.26 Å². The molecule has 110 valence electrons. The molecular formula is C17H12F2N2O. The maximum Gasteiger partial charge on any atom is 0.266 e. The van der Waals surface area contributed by atoms with Crippen molar-refractivity contribution >= 4 is 17.7 Å². The summed E-state index contributed by atoms with van der Waals surface area (Å²) >= 11 is 0. The van der Waals surface area contributed by atoms with E-state index in [1.54, 1.807) is 24.3 Å². The Morgan fingerprint density at radius 3 is 2.68 bits per heavy atom. The minimum Gasteiger partial charge on any atom is -0.321 e. The Kier molecular flexibility index (Phi) is 4.64. The van der Waals surface area contributed by atoms with Gasteiger partial charge in [-0.05, 0) is 48.9 Å². The molecule has 0 saturated heterocycles. The number of carbonyl (C=O) groups is 1. The maximum absolute atomic E-state index is 13.6. The first kappa shape index (κ1) is 15.4. The van der Waals surface area contributed by atoms with Crippen LogP contribution in [-0.2, 0) is 4.79 Å². The summed E-state index contributed by atoms with van der Waals surface area (Å²) in [6.07, 6.45) is 1.02. The highest BCUT2D eigenvalue weighted by molar-refractivity contribution is 6.09. The molecule has 0 spiro atoms. The average molecular weight is 298 g/mol. The zero-order valence-corrected chi connectivity index (χ0v) is 11.7. The minimum absolute atomic E-state index is 0.157. The van der Waals surface area contributed by atoms with E-state index in [9.17, 15) is 13.6 Å². The highest BCUT2D eigenvalue weighted by atomic mass is 19.1. The minimum atomic E-state index is -0.711. The van der Waals surface area contributed by atoms with Crippen LogP contribution in [0.15, 0.2) is 48.0 Å². The zero-order valence-electron chi connectivity index (χ0n) is 11.7. The van der Waals surface area contributed by atoms with Crippen molar-refractivity contribution in [1.82, 2.24) is 0 Å². The zero-order chi connectivity index (χ0) is 16.1. The van der Waals surface area contributed by atoms with Crippen molar-refractivity contribution in [2.75, 3.05) is 5.32 Å². The lowest BCUT2D eigenvalue weighted by Crippen LogP contribution is -2.13. The molecule has 2 aromatic carbocycles. The molecule has 5 heteroatoms. The number of nitriles is 1. The molecule has 1 amide bonds. The molecule has 2 aromatic rings. The number of benzene rings is 2. The van der Waals surface area contributed by atoms with Gasteiger partial charge in [-0.15, -0.1) is 0 Å². The number of nitrogens with zero attached hydrogens (tertiary/aromatic N) is 1. The fraction of sp³-hybridized carbons (Fsp3) is 0.0588. The van der Waals surface area contributed by atoms with Gasteiger partial charge in [0.1, 0.15) is 23.3 Å². The van der Waals surface area contributed by atoms with E-state index in [1.165, 1.54) is 0 Å². The van der Waals surface area contributed by atoms with Gasteiger partial charge in [-0.25, -0.2) is 8.78 Å². The molecule has 0 radical (unpaired) electrons. The average Bonchev–Trinajstić information content (AvgIpc) is 2.48. The second kappa shape index (κ2) is 6.64. The van der Waals surface area contributed by atoms with Crippen LogP contribution >= 0.6 is 0 Å². The Morgan fingerprint density at radius 1 is 1.23 bits per heavy atom. The molecule has 1 N–H and O–H groups in total. The number of nitrogens with one attached hydrogen (secondary N) is 1. The summed E-state index contributed by atoms with van der Waals surface area (Å²) in [5.41, 5.74) is 0.990. The molecule has 22 heavy (non-hydrogen) atoms. The number of rotatable bonds is 3. The molecule has 0 aliphatic carbocycles. The molecule has 0 fully saturated rings. The van der Waals surface area contributed by atoms with E-state index in [-0.39, 0.29) is 11.1 Å². The van der Waals surface area contributed by atoms with Crippen LogP contribution in [-0.4, -0.2) is 5.91 Å². The Hall–Kier alpha value is -3.00. The van der Waals surface area contributed by atoms with E-state index in [4.69, 9.17) is 5.26 Å². The molecule has 0 bridgehead atoms. The van der Waals surface area contributed by atoms with Gasteiger partial charge in [0.15, 0.2) is 0 Å². The van der Waals surface area contributed by atoms with Crippen LogP contribution < -0.4 is 5.32 Å². The first-order chi connectivity index (χ1) is 10.5.